The van der Waals surface area contributed by atoms with Crippen LogP contribution in [0.2, 0.25) is 0 Å². The summed E-state index contributed by atoms with van der Waals surface area (Å²) in [6, 6.07) is 10.1. The van der Waals surface area contributed by atoms with Crippen LogP contribution in [0.1, 0.15) is 12.0 Å². The maximum Gasteiger partial charge on any atom is 0.275 e. The van der Waals surface area contributed by atoms with Gasteiger partial charge in [-0.1, -0.05) is 42.5 Å². The molecule has 0 radical (unpaired) electrons. The summed E-state index contributed by atoms with van der Waals surface area (Å²) < 4.78 is 15.7. The zero-order chi connectivity index (χ0) is 11.9. The first-order valence-corrected chi connectivity index (χ1v) is 5.95. The van der Waals surface area contributed by atoms with E-state index in [9.17, 15) is 0 Å². The zero-order valence-electron chi connectivity index (χ0n) is 9.97. The van der Waals surface area contributed by atoms with Crippen molar-refractivity contribution >= 4 is 16.6 Å². The van der Waals surface area contributed by atoms with Gasteiger partial charge in [-0.05, 0) is 5.56 Å². The summed E-state index contributed by atoms with van der Waals surface area (Å²) in [5.74, 6) is -0.919. The molecular formula is C12H18O3Si. The molecule has 0 heterocycles. The number of ether oxygens (including phenoxy) is 2. The van der Waals surface area contributed by atoms with Crippen molar-refractivity contribution in [1.29, 1.82) is 0 Å². The molecule has 0 unspecified atom stereocenters. The lowest BCUT2D eigenvalue weighted by Crippen LogP contribution is -2.35. The SMILES string of the molecule is COC(CC=Cc1ccccc1)(OC)O[SiH3]. The van der Waals surface area contributed by atoms with Gasteiger partial charge in [0.1, 0.15) is 0 Å². The van der Waals surface area contributed by atoms with E-state index in [0.717, 1.165) is 5.56 Å². The number of hydrogen-bond acceptors (Lipinski definition) is 3. The number of benzene rings is 1. The number of hydrogen-bond donors (Lipinski definition) is 0. The standard InChI is InChI=1S/C12H18O3Si/c1-13-12(14-2,15-16)10-6-9-11-7-4-3-5-8-11/h3-9H,10H2,1-2,16H3. The van der Waals surface area contributed by atoms with Gasteiger partial charge in [0.25, 0.3) is 5.97 Å². The van der Waals surface area contributed by atoms with E-state index in [1.807, 2.05) is 42.5 Å². The normalized spacial score (nSPS) is 12.4. The Bertz CT molecular complexity index is 312. The third-order valence-electron chi connectivity index (χ3n) is 2.41. The molecule has 0 atom stereocenters. The minimum absolute atomic E-state index is 0.568. The monoisotopic (exact) mass is 238 g/mol. The van der Waals surface area contributed by atoms with E-state index in [4.69, 9.17) is 13.9 Å². The molecule has 1 rings (SSSR count). The Balaban J connectivity index is 2.59. The van der Waals surface area contributed by atoms with Crippen molar-refractivity contribution < 1.29 is 13.9 Å². The van der Waals surface area contributed by atoms with Gasteiger partial charge in [0.2, 0.25) is 0 Å². The quantitative estimate of drug-likeness (QED) is 0.553. The van der Waals surface area contributed by atoms with Crippen molar-refractivity contribution in [2.24, 2.45) is 0 Å². The Labute approximate surface area is 99.6 Å². The second kappa shape index (κ2) is 6.60. The van der Waals surface area contributed by atoms with Crippen molar-refractivity contribution in [1.82, 2.24) is 0 Å². The van der Waals surface area contributed by atoms with E-state index in [1.165, 1.54) is 0 Å². The van der Waals surface area contributed by atoms with E-state index in [1.54, 1.807) is 14.2 Å². The Hall–Kier alpha value is -0.943. The van der Waals surface area contributed by atoms with Crippen LogP contribution in [0, 0.1) is 0 Å². The minimum Gasteiger partial charge on any atom is -0.380 e. The van der Waals surface area contributed by atoms with Crippen LogP contribution in [0.25, 0.3) is 6.08 Å². The lowest BCUT2D eigenvalue weighted by Gasteiger charge is -2.28. The predicted octanol–water partition coefficient (Wildman–Crippen LogP) is 1.33. The molecule has 16 heavy (non-hydrogen) atoms. The number of rotatable bonds is 6. The molecule has 0 bridgehead atoms. The first kappa shape index (κ1) is 13.1. The zero-order valence-corrected chi connectivity index (χ0v) is 12.0. The molecule has 0 N–H and O–H groups in total. The van der Waals surface area contributed by atoms with Gasteiger partial charge in [-0.3, -0.25) is 0 Å². The summed E-state index contributed by atoms with van der Waals surface area (Å²) in [7, 11) is 3.73. The van der Waals surface area contributed by atoms with Gasteiger partial charge in [0.15, 0.2) is 10.5 Å². The molecule has 4 heteroatoms. The highest BCUT2D eigenvalue weighted by molar-refractivity contribution is 5.98. The van der Waals surface area contributed by atoms with E-state index in [-0.39, 0.29) is 0 Å². The Morgan fingerprint density at radius 1 is 1.19 bits per heavy atom. The topological polar surface area (TPSA) is 27.7 Å². The molecule has 1 aromatic carbocycles. The third-order valence-corrected chi connectivity index (χ3v) is 3.03. The van der Waals surface area contributed by atoms with Crippen LogP contribution in [0.15, 0.2) is 36.4 Å². The summed E-state index contributed by atoms with van der Waals surface area (Å²) in [6.07, 6.45) is 4.58. The molecule has 0 aliphatic carbocycles. The molecule has 0 aromatic heterocycles. The Morgan fingerprint density at radius 3 is 2.31 bits per heavy atom. The van der Waals surface area contributed by atoms with E-state index in [2.05, 4.69) is 0 Å². The lowest BCUT2D eigenvalue weighted by molar-refractivity contribution is -0.318. The molecule has 0 fully saturated rings. The molecule has 0 amide bonds. The largest absolute Gasteiger partial charge is 0.380 e. The van der Waals surface area contributed by atoms with Crippen LogP contribution in [0.3, 0.4) is 0 Å². The average Bonchev–Trinajstić information content (AvgIpc) is 2.37. The van der Waals surface area contributed by atoms with Crippen LogP contribution in [0.4, 0.5) is 0 Å². The van der Waals surface area contributed by atoms with Crippen LogP contribution >= 0.6 is 0 Å². The first-order valence-electron chi connectivity index (χ1n) is 5.13. The van der Waals surface area contributed by atoms with Gasteiger partial charge >= 0.3 is 0 Å². The highest BCUT2D eigenvalue weighted by atomic mass is 28.2. The Morgan fingerprint density at radius 2 is 1.81 bits per heavy atom. The van der Waals surface area contributed by atoms with Crippen molar-refractivity contribution in [2.75, 3.05) is 14.2 Å². The molecule has 0 saturated heterocycles. The smallest absolute Gasteiger partial charge is 0.275 e. The first-order chi connectivity index (χ1) is 7.76. The maximum atomic E-state index is 5.32. The van der Waals surface area contributed by atoms with Crippen LogP contribution in [-0.4, -0.2) is 30.7 Å². The highest BCUT2D eigenvalue weighted by Gasteiger charge is 2.26. The molecule has 1 aromatic rings. The van der Waals surface area contributed by atoms with Crippen LogP contribution in [0.5, 0.6) is 0 Å². The summed E-state index contributed by atoms with van der Waals surface area (Å²) in [4.78, 5) is 0. The fourth-order valence-corrected chi connectivity index (χ4v) is 1.90. The molecule has 0 spiro atoms. The average molecular weight is 238 g/mol. The van der Waals surface area contributed by atoms with Gasteiger partial charge in [0, 0.05) is 20.6 Å². The van der Waals surface area contributed by atoms with Crippen LogP contribution < -0.4 is 0 Å². The summed E-state index contributed by atoms with van der Waals surface area (Å²) in [5.41, 5.74) is 1.15. The molecular weight excluding hydrogens is 220 g/mol. The van der Waals surface area contributed by atoms with E-state index >= 15 is 0 Å². The van der Waals surface area contributed by atoms with Gasteiger partial charge in [-0.25, -0.2) is 0 Å². The van der Waals surface area contributed by atoms with Crippen molar-refractivity contribution in [2.45, 2.75) is 12.4 Å². The molecule has 0 aliphatic heterocycles. The molecule has 0 aliphatic rings. The third kappa shape index (κ3) is 3.57. The van der Waals surface area contributed by atoms with Crippen LogP contribution in [-0.2, 0) is 13.9 Å². The fourth-order valence-electron chi connectivity index (χ4n) is 1.40. The lowest BCUT2D eigenvalue weighted by atomic mass is 10.2. The van der Waals surface area contributed by atoms with Gasteiger partial charge in [-0.15, -0.1) is 0 Å². The summed E-state index contributed by atoms with van der Waals surface area (Å²) in [5, 5.41) is 0. The second-order valence-electron chi connectivity index (χ2n) is 3.31. The van der Waals surface area contributed by atoms with E-state index < -0.39 is 5.97 Å². The van der Waals surface area contributed by atoms with E-state index in [0.29, 0.717) is 16.9 Å². The minimum atomic E-state index is -0.919. The van der Waals surface area contributed by atoms with Gasteiger partial charge in [-0.2, -0.15) is 0 Å². The van der Waals surface area contributed by atoms with Crippen molar-refractivity contribution in [3.8, 4) is 0 Å². The molecule has 3 nitrogen and oxygen atoms in total. The van der Waals surface area contributed by atoms with Crippen molar-refractivity contribution in [3.63, 3.8) is 0 Å². The number of methoxy groups -OCH3 is 2. The van der Waals surface area contributed by atoms with Gasteiger partial charge < -0.3 is 13.9 Å². The molecule has 0 saturated carbocycles. The second-order valence-corrected chi connectivity index (χ2v) is 3.72. The fraction of sp³-hybridized carbons (Fsp3) is 0.333. The summed E-state index contributed by atoms with van der Waals surface area (Å²) >= 11 is 0. The Kier molecular flexibility index (Phi) is 5.41. The highest BCUT2D eigenvalue weighted by Crippen LogP contribution is 2.18. The van der Waals surface area contributed by atoms with Gasteiger partial charge in [0.05, 0.1) is 0 Å². The maximum absolute atomic E-state index is 5.32. The predicted molar refractivity (Wildman–Crippen MR) is 67.9 cm³/mol. The van der Waals surface area contributed by atoms with Crippen molar-refractivity contribution in [3.05, 3.63) is 42.0 Å². The summed E-state index contributed by atoms with van der Waals surface area (Å²) in [6.45, 7) is 0. The molecule has 88 valence electrons.